The van der Waals surface area contributed by atoms with Crippen molar-refractivity contribution in [2.24, 2.45) is 0 Å². The number of benzene rings is 1. The van der Waals surface area contributed by atoms with Crippen LogP contribution >= 0.6 is 27.3 Å². The molecule has 0 N–H and O–H groups in total. The smallest absolute Gasteiger partial charge is 0.307 e. The molecule has 1 heterocycles. The molecule has 0 fully saturated rings. The predicted molar refractivity (Wildman–Crippen MR) is 95.2 cm³/mol. The number of carbonyl (C=O) groups excluding carboxylic acids is 2. The van der Waals surface area contributed by atoms with Crippen LogP contribution in [0.15, 0.2) is 45.1 Å². The predicted octanol–water partition coefficient (Wildman–Crippen LogP) is 3.41. The molecule has 0 bridgehead atoms. The van der Waals surface area contributed by atoms with E-state index in [-0.39, 0.29) is 22.9 Å². The van der Waals surface area contributed by atoms with Gasteiger partial charge in [-0.1, -0.05) is 17.7 Å². The second kappa shape index (κ2) is 8.04. The maximum atomic E-state index is 12.1. The molecule has 128 valence electrons. The third kappa shape index (κ3) is 5.25. The number of carbonyl (C=O) groups is 2. The lowest BCUT2D eigenvalue weighted by Crippen LogP contribution is -2.17. The molecule has 24 heavy (non-hydrogen) atoms. The second-order valence-corrected chi connectivity index (χ2v) is 9.64. The quantitative estimate of drug-likeness (QED) is 0.496. The van der Waals surface area contributed by atoms with E-state index < -0.39 is 22.4 Å². The molecule has 0 spiro atoms. The lowest BCUT2D eigenvalue weighted by atomic mass is 10.2. The van der Waals surface area contributed by atoms with Gasteiger partial charge in [-0.25, -0.2) is 8.42 Å². The lowest BCUT2D eigenvalue weighted by molar-refractivity contribution is -0.142. The van der Waals surface area contributed by atoms with E-state index in [0.717, 1.165) is 9.35 Å². The van der Waals surface area contributed by atoms with Crippen LogP contribution in [-0.4, -0.2) is 32.5 Å². The third-order valence-corrected chi connectivity index (χ3v) is 6.56. The number of ether oxygens (including phenoxy) is 1. The van der Waals surface area contributed by atoms with Crippen LogP contribution in [0.2, 0.25) is 0 Å². The van der Waals surface area contributed by atoms with Gasteiger partial charge in [0.15, 0.2) is 16.4 Å². The van der Waals surface area contributed by atoms with Gasteiger partial charge >= 0.3 is 5.97 Å². The van der Waals surface area contributed by atoms with Crippen LogP contribution in [0.1, 0.15) is 21.7 Å². The number of Topliss-reactive ketones (excluding diaryl/α,β-unsaturated/α-hetero) is 1. The molecule has 0 saturated carbocycles. The number of sulfone groups is 1. The van der Waals surface area contributed by atoms with Crippen molar-refractivity contribution in [2.45, 2.75) is 18.2 Å². The summed E-state index contributed by atoms with van der Waals surface area (Å²) >= 11 is 4.49. The van der Waals surface area contributed by atoms with E-state index >= 15 is 0 Å². The summed E-state index contributed by atoms with van der Waals surface area (Å²) in [5.74, 6) is -1.39. The maximum absolute atomic E-state index is 12.1. The minimum Gasteiger partial charge on any atom is -0.457 e. The SMILES string of the molecule is Cc1ccc(S(=O)(=O)CCC(=O)OCC(=O)c2ccc(Br)s2)cc1. The maximum Gasteiger partial charge on any atom is 0.307 e. The first-order valence-electron chi connectivity index (χ1n) is 7.01. The topological polar surface area (TPSA) is 77.5 Å². The van der Waals surface area contributed by atoms with Gasteiger partial charge in [0.1, 0.15) is 0 Å². The minimum absolute atomic E-state index is 0.167. The molecule has 0 aliphatic carbocycles. The van der Waals surface area contributed by atoms with Gasteiger partial charge in [0, 0.05) is 0 Å². The summed E-state index contributed by atoms with van der Waals surface area (Å²) in [7, 11) is -3.55. The Hall–Kier alpha value is -1.51. The molecule has 0 atom stereocenters. The highest BCUT2D eigenvalue weighted by atomic mass is 79.9. The molecule has 0 aliphatic rings. The van der Waals surface area contributed by atoms with Crippen molar-refractivity contribution in [3.63, 3.8) is 0 Å². The number of aryl methyl sites for hydroxylation is 1. The van der Waals surface area contributed by atoms with Crippen LogP contribution < -0.4 is 0 Å². The molecule has 0 saturated heterocycles. The standard InChI is InChI=1S/C16H15BrO5S2/c1-11-2-4-12(5-3-11)24(20,21)9-8-16(19)22-10-13(18)14-6-7-15(17)23-14/h2-7H,8-10H2,1H3. The van der Waals surface area contributed by atoms with Gasteiger partial charge in [0.05, 0.1) is 25.7 Å². The molecule has 0 unspecified atom stereocenters. The molecule has 8 heteroatoms. The highest BCUT2D eigenvalue weighted by molar-refractivity contribution is 9.11. The first-order chi connectivity index (χ1) is 11.3. The van der Waals surface area contributed by atoms with Crippen LogP contribution in [0.4, 0.5) is 0 Å². The average Bonchev–Trinajstić information content (AvgIpc) is 2.98. The van der Waals surface area contributed by atoms with Crippen molar-refractivity contribution in [2.75, 3.05) is 12.4 Å². The first-order valence-corrected chi connectivity index (χ1v) is 10.3. The Kier molecular flexibility index (Phi) is 6.31. The van der Waals surface area contributed by atoms with E-state index in [0.29, 0.717) is 4.88 Å². The Morgan fingerprint density at radius 1 is 1.12 bits per heavy atom. The normalized spacial score (nSPS) is 11.2. The number of rotatable bonds is 7. The van der Waals surface area contributed by atoms with E-state index in [1.807, 2.05) is 6.92 Å². The van der Waals surface area contributed by atoms with Gasteiger partial charge in [0.25, 0.3) is 0 Å². The molecular weight excluding hydrogens is 416 g/mol. The van der Waals surface area contributed by atoms with Crippen molar-refractivity contribution in [1.82, 2.24) is 0 Å². The lowest BCUT2D eigenvalue weighted by Gasteiger charge is -2.05. The Balaban J connectivity index is 1.84. The van der Waals surface area contributed by atoms with Gasteiger partial charge in [0.2, 0.25) is 5.78 Å². The zero-order chi connectivity index (χ0) is 17.7. The fraction of sp³-hybridized carbons (Fsp3) is 0.250. The summed E-state index contributed by atoms with van der Waals surface area (Å²) in [5, 5.41) is 0. The Labute approximate surface area is 152 Å². The molecule has 0 aliphatic heterocycles. The fourth-order valence-electron chi connectivity index (χ4n) is 1.83. The third-order valence-electron chi connectivity index (χ3n) is 3.17. The number of hydrogen-bond acceptors (Lipinski definition) is 6. The Morgan fingerprint density at radius 3 is 2.38 bits per heavy atom. The number of hydrogen-bond donors (Lipinski definition) is 0. The van der Waals surface area contributed by atoms with Gasteiger partial charge in [-0.2, -0.15) is 0 Å². The van der Waals surface area contributed by atoms with Crippen molar-refractivity contribution in [3.8, 4) is 0 Å². The number of ketones is 1. The van der Waals surface area contributed by atoms with Gasteiger partial charge in [-0.05, 0) is 47.1 Å². The number of thiophene rings is 1. The van der Waals surface area contributed by atoms with Crippen molar-refractivity contribution in [3.05, 3.63) is 50.6 Å². The van der Waals surface area contributed by atoms with Crippen molar-refractivity contribution >= 4 is 48.9 Å². The van der Waals surface area contributed by atoms with E-state index in [9.17, 15) is 18.0 Å². The van der Waals surface area contributed by atoms with Crippen molar-refractivity contribution < 1.29 is 22.7 Å². The summed E-state index contributed by atoms with van der Waals surface area (Å²) in [4.78, 5) is 24.1. The Bertz CT molecular complexity index is 838. The van der Waals surface area contributed by atoms with E-state index in [1.165, 1.54) is 23.5 Å². The largest absolute Gasteiger partial charge is 0.457 e. The van der Waals surface area contributed by atoms with Gasteiger partial charge in [-0.15, -0.1) is 11.3 Å². The molecule has 1 aromatic heterocycles. The van der Waals surface area contributed by atoms with Crippen LogP contribution in [0.25, 0.3) is 0 Å². The summed E-state index contributed by atoms with van der Waals surface area (Å²) in [6.07, 6.45) is -0.294. The number of halogens is 1. The average molecular weight is 431 g/mol. The van der Waals surface area contributed by atoms with Crippen molar-refractivity contribution in [1.29, 1.82) is 0 Å². The number of esters is 1. The van der Waals surface area contributed by atoms with Crippen LogP contribution in [0.3, 0.4) is 0 Å². The molecule has 0 amide bonds. The van der Waals surface area contributed by atoms with Gasteiger partial charge in [-0.3, -0.25) is 9.59 Å². The van der Waals surface area contributed by atoms with Crippen LogP contribution in [0.5, 0.6) is 0 Å². The van der Waals surface area contributed by atoms with Gasteiger partial charge < -0.3 is 4.74 Å². The highest BCUT2D eigenvalue weighted by Gasteiger charge is 2.18. The van der Waals surface area contributed by atoms with E-state index in [4.69, 9.17) is 4.74 Å². The molecule has 2 aromatic rings. The second-order valence-electron chi connectivity index (χ2n) is 5.07. The fourth-order valence-corrected chi connectivity index (χ4v) is 4.37. The summed E-state index contributed by atoms with van der Waals surface area (Å²) < 4.78 is 29.9. The summed E-state index contributed by atoms with van der Waals surface area (Å²) in [5.41, 5.74) is 0.951. The zero-order valence-electron chi connectivity index (χ0n) is 12.8. The molecule has 2 rings (SSSR count). The molecule has 5 nitrogen and oxygen atoms in total. The molecule has 1 aromatic carbocycles. The minimum atomic E-state index is -3.55. The van der Waals surface area contributed by atoms with E-state index in [1.54, 1.807) is 24.3 Å². The van der Waals surface area contributed by atoms with Crippen LogP contribution in [-0.2, 0) is 19.4 Å². The molecule has 0 radical (unpaired) electrons. The summed E-state index contributed by atoms with van der Waals surface area (Å²) in [6, 6.07) is 9.77. The first kappa shape index (κ1) is 18.8. The Morgan fingerprint density at radius 2 is 1.79 bits per heavy atom. The monoisotopic (exact) mass is 430 g/mol. The van der Waals surface area contributed by atoms with Crippen LogP contribution in [0, 0.1) is 6.92 Å². The molecular formula is C16H15BrO5S2. The van der Waals surface area contributed by atoms with E-state index in [2.05, 4.69) is 15.9 Å². The highest BCUT2D eigenvalue weighted by Crippen LogP contribution is 2.22. The zero-order valence-corrected chi connectivity index (χ0v) is 16.0. The summed E-state index contributed by atoms with van der Waals surface area (Å²) in [6.45, 7) is 1.47.